The maximum Gasteiger partial charge on any atom is 0.169 e. The minimum atomic E-state index is 0.651. The van der Waals surface area contributed by atoms with E-state index in [4.69, 9.17) is 21.4 Å². The standard InChI is InChI=1S/C11H18N2O2S/c1-3-13(9-10-5-4-7-15-10)11(16)12-6-8-14-2/h4-5,7H,3,6,8-9H2,1-2H3,(H,12,16). The number of ether oxygens (including phenoxy) is 1. The number of nitrogens with one attached hydrogen (secondary N) is 1. The number of methoxy groups -OCH3 is 1. The summed E-state index contributed by atoms with van der Waals surface area (Å²) in [5.74, 6) is 0.915. The second-order valence-corrected chi connectivity index (χ2v) is 3.70. The molecule has 0 saturated heterocycles. The zero-order valence-corrected chi connectivity index (χ0v) is 10.5. The number of nitrogens with zero attached hydrogens (tertiary/aromatic N) is 1. The Balaban J connectivity index is 2.38. The van der Waals surface area contributed by atoms with Crippen molar-refractivity contribution in [3.05, 3.63) is 24.2 Å². The van der Waals surface area contributed by atoms with Crippen molar-refractivity contribution >= 4 is 17.3 Å². The molecule has 0 fully saturated rings. The molecule has 0 unspecified atom stereocenters. The highest BCUT2D eigenvalue weighted by molar-refractivity contribution is 7.80. The summed E-state index contributed by atoms with van der Waals surface area (Å²) in [7, 11) is 1.67. The first-order valence-corrected chi connectivity index (χ1v) is 5.72. The van der Waals surface area contributed by atoms with Crippen LogP contribution < -0.4 is 5.32 Å². The van der Waals surface area contributed by atoms with Crippen LogP contribution >= 0.6 is 12.2 Å². The number of rotatable bonds is 6. The monoisotopic (exact) mass is 242 g/mol. The highest BCUT2D eigenvalue weighted by atomic mass is 32.1. The molecule has 0 aliphatic rings. The lowest BCUT2D eigenvalue weighted by atomic mass is 10.4. The van der Waals surface area contributed by atoms with Crippen LogP contribution in [0.25, 0.3) is 0 Å². The molecule has 0 amide bonds. The van der Waals surface area contributed by atoms with Crippen molar-refractivity contribution < 1.29 is 9.15 Å². The lowest BCUT2D eigenvalue weighted by molar-refractivity contribution is 0.202. The maximum absolute atomic E-state index is 5.29. The Morgan fingerprint density at radius 1 is 1.62 bits per heavy atom. The summed E-state index contributed by atoms with van der Waals surface area (Å²) in [6.07, 6.45) is 1.67. The molecule has 0 aromatic carbocycles. The van der Waals surface area contributed by atoms with Gasteiger partial charge < -0.3 is 19.4 Å². The van der Waals surface area contributed by atoms with Gasteiger partial charge in [-0.05, 0) is 31.3 Å². The van der Waals surface area contributed by atoms with E-state index in [1.165, 1.54) is 0 Å². The van der Waals surface area contributed by atoms with E-state index >= 15 is 0 Å². The minimum absolute atomic E-state index is 0.651. The smallest absolute Gasteiger partial charge is 0.169 e. The van der Waals surface area contributed by atoms with Gasteiger partial charge in [0.2, 0.25) is 0 Å². The molecule has 5 heteroatoms. The first-order valence-electron chi connectivity index (χ1n) is 5.32. The van der Waals surface area contributed by atoms with Crippen LogP contribution in [0.15, 0.2) is 22.8 Å². The van der Waals surface area contributed by atoms with Crippen LogP contribution in [0.1, 0.15) is 12.7 Å². The molecule has 1 rings (SSSR count). The van der Waals surface area contributed by atoms with E-state index in [9.17, 15) is 0 Å². The average Bonchev–Trinajstić information content (AvgIpc) is 2.78. The van der Waals surface area contributed by atoms with Crippen LogP contribution in [0.3, 0.4) is 0 Å². The summed E-state index contributed by atoms with van der Waals surface area (Å²) in [6, 6.07) is 3.82. The first kappa shape index (κ1) is 13.0. The third-order valence-corrected chi connectivity index (χ3v) is 2.58. The lowest BCUT2D eigenvalue weighted by Gasteiger charge is -2.23. The summed E-state index contributed by atoms with van der Waals surface area (Å²) < 4.78 is 10.2. The topological polar surface area (TPSA) is 37.6 Å². The van der Waals surface area contributed by atoms with Gasteiger partial charge in [0, 0.05) is 20.2 Å². The Hall–Kier alpha value is -1.07. The van der Waals surface area contributed by atoms with Gasteiger partial charge in [-0.25, -0.2) is 0 Å². The second kappa shape index (κ2) is 7.24. The van der Waals surface area contributed by atoms with Gasteiger partial charge >= 0.3 is 0 Å². The van der Waals surface area contributed by atoms with Gasteiger partial charge in [-0.2, -0.15) is 0 Å². The Morgan fingerprint density at radius 2 is 2.44 bits per heavy atom. The molecule has 0 bridgehead atoms. The van der Waals surface area contributed by atoms with E-state index in [0.717, 1.165) is 24.0 Å². The minimum Gasteiger partial charge on any atom is -0.467 e. The van der Waals surface area contributed by atoms with Crippen molar-refractivity contribution in [1.29, 1.82) is 0 Å². The van der Waals surface area contributed by atoms with Crippen molar-refractivity contribution in [2.45, 2.75) is 13.5 Å². The van der Waals surface area contributed by atoms with Gasteiger partial charge in [0.15, 0.2) is 5.11 Å². The normalized spacial score (nSPS) is 10.1. The molecule has 16 heavy (non-hydrogen) atoms. The fourth-order valence-electron chi connectivity index (χ4n) is 1.29. The highest BCUT2D eigenvalue weighted by Crippen LogP contribution is 2.05. The van der Waals surface area contributed by atoms with Gasteiger partial charge in [-0.3, -0.25) is 0 Å². The summed E-state index contributed by atoms with van der Waals surface area (Å²) in [5.41, 5.74) is 0. The molecule has 0 aliphatic carbocycles. The van der Waals surface area contributed by atoms with Crippen molar-refractivity contribution in [2.24, 2.45) is 0 Å². The molecular weight excluding hydrogens is 224 g/mol. The van der Waals surface area contributed by atoms with E-state index in [-0.39, 0.29) is 0 Å². The van der Waals surface area contributed by atoms with Crippen molar-refractivity contribution in [2.75, 3.05) is 26.8 Å². The highest BCUT2D eigenvalue weighted by Gasteiger charge is 2.08. The molecule has 0 spiro atoms. The predicted octanol–water partition coefficient (Wildman–Crippen LogP) is 1.62. The number of hydrogen-bond donors (Lipinski definition) is 1. The van der Waals surface area contributed by atoms with E-state index in [1.54, 1.807) is 13.4 Å². The average molecular weight is 242 g/mol. The SMILES string of the molecule is CCN(Cc1ccco1)C(=S)NCCOC. The number of thiocarbonyl (C=S) groups is 1. The van der Waals surface area contributed by atoms with Gasteiger partial charge in [-0.15, -0.1) is 0 Å². The van der Waals surface area contributed by atoms with E-state index in [0.29, 0.717) is 13.2 Å². The van der Waals surface area contributed by atoms with Crippen LogP contribution in [-0.4, -0.2) is 36.8 Å². The quantitative estimate of drug-likeness (QED) is 0.606. The molecule has 0 atom stereocenters. The largest absolute Gasteiger partial charge is 0.467 e. The van der Waals surface area contributed by atoms with Crippen LogP contribution in [0.4, 0.5) is 0 Å². The van der Waals surface area contributed by atoms with Gasteiger partial charge in [-0.1, -0.05) is 0 Å². The second-order valence-electron chi connectivity index (χ2n) is 3.32. The van der Waals surface area contributed by atoms with Gasteiger partial charge in [0.25, 0.3) is 0 Å². The molecular formula is C11H18N2O2S. The predicted molar refractivity (Wildman–Crippen MR) is 67.3 cm³/mol. The molecule has 1 N–H and O–H groups in total. The van der Waals surface area contributed by atoms with Crippen molar-refractivity contribution in [1.82, 2.24) is 10.2 Å². The van der Waals surface area contributed by atoms with E-state index in [2.05, 4.69) is 12.2 Å². The fraction of sp³-hybridized carbons (Fsp3) is 0.545. The Bertz CT molecular complexity index is 301. The molecule has 0 radical (unpaired) electrons. The van der Waals surface area contributed by atoms with Gasteiger partial charge in [0.1, 0.15) is 5.76 Å². The van der Waals surface area contributed by atoms with Crippen LogP contribution in [-0.2, 0) is 11.3 Å². The van der Waals surface area contributed by atoms with Crippen molar-refractivity contribution in [3.8, 4) is 0 Å². The zero-order chi connectivity index (χ0) is 11.8. The van der Waals surface area contributed by atoms with Crippen LogP contribution in [0.2, 0.25) is 0 Å². The molecule has 0 aliphatic heterocycles. The molecule has 1 aromatic rings. The van der Waals surface area contributed by atoms with E-state index < -0.39 is 0 Å². The van der Waals surface area contributed by atoms with Crippen molar-refractivity contribution in [3.63, 3.8) is 0 Å². The number of hydrogen-bond acceptors (Lipinski definition) is 3. The third-order valence-electron chi connectivity index (χ3n) is 2.18. The molecule has 1 heterocycles. The summed E-state index contributed by atoms with van der Waals surface area (Å²) in [4.78, 5) is 2.05. The molecule has 90 valence electrons. The lowest BCUT2D eigenvalue weighted by Crippen LogP contribution is -2.40. The zero-order valence-electron chi connectivity index (χ0n) is 9.73. The van der Waals surface area contributed by atoms with Crippen LogP contribution in [0, 0.1) is 0 Å². The molecule has 4 nitrogen and oxygen atoms in total. The summed E-state index contributed by atoms with van der Waals surface area (Å²) >= 11 is 5.28. The number of furan rings is 1. The third kappa shape index (κ3) is 4.20. The maximum atomic E-state index is 5.29. The Labute approximate surface area is 102 Å². The fourth-order valence-corrected chi connectivity index (χ4v) is 1.59. The Kier molecular flexibility index (Phi) is 5.88. The van der Waals surface area contributed by atoms with Crippen LogP contribution in [0.5, 0.6) is 0 Å². The van der Waals surface area contributed by atoms with E-state index in [1.807, 2.05) is 17.0 Å². The molecule has 0 saturated carbocycles. The molecule has 1 aromatic heterocycles. The Morgan fingerprint density at radius 3 is 3.00 bits per heavy atom. The summed E-state index contributed by atoms with van der Waals surface area (Å²) in [6.45, 7) is 4.98. The first-order chi connectivity index (χ1) is 7.77. The van der Waals surface area contributed by atoms with Gasteiger partial charge in [0.05, 0.1) is 19.4 Å². The summed E-state index contributed by atoms with van der Waals surface area (Å²) in [5, 5.41) is 3.87.